The number of aromatic amines is 1. The highest BCUT2D eigenvalue weighted by molar-refractivity contribution is 6.09. The van der Waals surface area contributed by atoms with Gasteiger partial charge in [-0.3, -0.25) is 9.59 Å². The molecule has 0 atom stereocenters. The SMILES string of the molecule is CN1CCC(COc2nc3c(c(C(=O)c4cc(Cc5n[nH]c(=O)c6ccccc56)ccc4F)n2)CNCC3)CC1. The van der Waals surface area contributed by atoms with E-state index >= 15 is 4.39 Å². The first kappa shape index (κ1) is 26.2. The van der Waals surface area contributed by atoms with E-state index in [0.717, 1.165) is 38.2 Å². The molecule has 0 radical (unpaired) electrons. The maximum absolute atomic E-state index is 15.1. The summed E-state index contributed by atoms with van der Waals surface area (Å²) < 4.78 is 21.1. The van der Waals surface area contributed by atoms with Gasteiger partial charge in [-0.1, -0.05) is 24.3 Å². The molecule has 40 heavy (non-hydrogen) atoms. The fraction of sp³-hybridized carbons (Fsp3) is 0.367. The number of benzene rings is 2. The molecule has 0 bridgehead atoms. The number of nitrogens with one attached hydrogen (secondary N) is 2. The maximum atomic E-state index is 15.1. The number of piperidine rings is 1. The van der Waals surface area contributed by atoms with E-state index < -0.39 is 11.6 Å². The predicted octanol–water partition coefficient (Wildman–Crippen LogP) is 3.04. The predicted molar refractivity (Wildman–Crippen MR) is 148 cm³/mol. The number of carbonyl (C=O) groups excluding carboxylic acids is 1. The fourth-order valence-corrected chi connectivity index (χ4v) is 5.48. The second-order valence-electron chi connectivity index (χ2n) is 10.6. The van der Waals surface area contributed by atoms with Gasteiger partial charge in [0.15, 0.2) is 0 Å². The Morgan fingerprint density at radius 2 is 1.93 bits per heavy atom. The van der Waals surface area contributed by atoms with Crippen LogP contribution in [0.4, 0.5) is 4.39 Å². The van der Waals surface area contributed by atoms with Gasteiger partial charge in [-0.05, 0) is 62.7 Å². The molecule has 2 aromatic heterocycles. The minimum atomic E-state index is -0.627. The Morgan fingerprint density at radius 3 is 2.75 bits per heavy atom. The van der Waals surface area contributed by atoms with Crippen molar-refractivity contribution in [1.29, 1.82) is 0 Å². The van der Waals surface area contributed by atoms with Crippen LogP contribution in [0.5, 0.6) is 6.01 Å². The molecular formula is C30H31FN6O3. The van der Waals surface area contributed by atoms with E-state index in [9.17, 15) is 9.59 Å². The van der Waals surface area contributed by atoms with Gasteiger partial charge >= 0.3 is 6.01 Å². The van der Waals surface area contributed by atoms with Gasteiger partial charge in [0.25, 0.3) is 5.56 Å². The lowest BCUT2D eigenvalue weighted by molar-refractivity contribution is 0.102. The van der Waals surface area contributed by atoms with Crippen molar-refractivity contribution < 1.29 is 13.9 Å². The third kappa shape index (κ3) is 5.37. The minimum Gasteiger partial charge on any atom is -0.463 e. The largest absolute Gasteiger partial charge is 0.463 e. The second-order valence-corrected chi connectivity index (χ2v) is 10.6. The first-order valence-corrected chi connectivity index (χ1v) is 13.7. The van der Waals surface area contributed by atoms with Gasteiger partial charge in [0, 0.05) is 36.9 Å². The van der Waals surface area contributed by atoms with Crippen LogP contribution in [-0.2, 0) is 19.4 Å². The number of H-pyrrole nitrogens is 1. The Bertz CT molecular complexity index is 1630. The first-order valence-electron chi connectivity index (χ1n) is 13.7. The van der Waals surface area contributed by atoms with Crippen LogP contribution >= 0.6 is 0 Å². The van der Waals surface area contributed by atoms with Gasteiger partial charge in [-0.25, -0.2) is 9.49 Å². The van der Waals surface area contributed by atoms with Crippen molar-refractivity contribution in [3.8, 4) is 6.01 Å². The van der Waals surface area contributed by atoms with Crippen molar-refractivity contribution in [1.82, 2.24) is 30.4 Å². The van der Waals surface area contributed by atoms with E-state index in [0.29, 0.717) is 59.5 Å². The van der Waals surface area contributed by atoms with Crippen LogP contribution in [0, 0.1) is 11.7 Å². The molecular weight excluding hydrogens is 511 g/mol. The Hall–Kier alpha value is -4.02. The monoisotopic (exact) mass is 542 g/mol. The van der Waals surface area contributed by atoms with E-state index in [1.807, 2.05) is 12.1 Å². The number of ether oxygens (including phenoxy) is 1. The van der Waals surface area contributed by atoms with E-state index in [-0.39, 0.29) is 22.8 Å². The summed E-state index contributed by atoms with van der Waals surface area (Å²) in [7, 11) is 2.11. The highest BCUT2D eigenvalue weighted by Gasteiger charge is 2.26. The third-order valence-corrected chi connectivity index (χ3v) is 7.84. The number of likely N-dealkylation sites (tertiary alicyclic amines) is 1. The van der Waals surface area contributed by atoms with Gasteiger partial charge in [0.1, 0.15) is 11.5 Å². The molecule has 206 valence electrons. The minimum absolute atomic E-state index is 0.0704. The Kier molecular flexibility index (Phi) is 7.36. The van der Waals surface area contributed by atoms with Crippen LogP contribution < -0.4 is 15.6 Å². The highest BCUT2D eigenvalue weighted by Crippen LogP contribution is 2.25. The van der Waals surface area contributed by atoms with Crippen molar-refractivity contribution in [3.63, 3.8) is 0 Å². The molecule has 4 aromatic rings. The molecule has 10 heteroatoms. The van der Waals surface area contributed by atoms with Crippen molar-refractivity contribution >= 4 is 16.6 Å². The normalized spacial score (nSPS) is 16.1. The zero-order valence-electron chi connectivity index (χ0n) is 22.4. The molecule has 1 fully saturated rings. The smallest absolute Gasteiger partial charge is 0.317 e. The molecule has 9 nitrogen and oxygen atoms in total. The van der Waals surface area contributed by atoms with Gasteiger partial charge in [-0.2, -0.15) is 15.1 Å². The fourth-order valence-electron chi connectivity index (χ4n) is 5.48. The molecule has 2 aromatic carbocycles. The van der Waals surface area contributed by atoms with Gasteiger partial charge in [-0.15, -0.1) is 0 Å². The molecule has 0 aliphatic carbocycles. The number of hydrogen-bond donors (Lipinski definition) is 2. The van der Waals surface area contributed by atoms with E-state index in [1.165, 1.54) is 6.07 Å². The van der Waals surface area contributed by atoms with Crippen LogP contribution in [0.15, 0.2) is 47.3 Å². The summed E-state index contributed by atoms with van der Waals surface area (Å²) in [4.78, 5) is 37.4. The number of hydrogen-bond acceptors (Lipinski definition) is 8. The van der Waals surface area contributed by atoms with Crippen LogP contribution in [0.25, 0.3) is 10.8 Å². The van der Waals surface area contributed by atoms with E-state index in [4.69, 9.17) is 4.74 Å². The Morgan fingerprint density at radius 1 is 1.12 bits per heavy atom. The molecule has 1 saturated heterocycles. The summed E-state index contributed by atoms with van der Waals surface area (Å²) in [5.74, 6) is -0.730. The first-order chi connectivity index (χ1) is 19.5. The van der Waals surface area contributed by atoms with Gasteiger partial charge in [0.05, 0.1) is 28.9 Å². The molecule has 2 N–H and O–H groups in total. The van der Waals surface area contributed by atoms with Gasteiger partial charge in [0.2, 0.25) is 5.78 Å². The standard InChI is InChI=1S/C30H31FN6O3/c1-37-12-9-18(10-13-37)17-40-30-33-25-8-11-32-16-23(25)27(34-30)28(38)22-14-19(6-7-24(22)31)15-26-20-4-2-3-5-21(20)29(39)36-35-26/h2-7,14,18,32H,8-13,15-17H2,1H3,(H,36,39). The summed E-state index contributed by atoms with van der Waals surface area (Å²) in [6.45, 7) is 3.70. The van der Waals surface area contributed by atoms with Crippen molar-refractivity contribution in [2.24, 2.45) is 5.92 Å². The summed E-state index contributed by atoms with van der Waals surface area (Å²) in [5.41, 5.74) is 2.59. The highest BCUT2D eigenvalue weighted by atomic mass is 19.1. The van der Waals surface area contributed by atoms with Crippen LogP contribution in [0.1, 0.15) is 51.4 Å². The quantitative estimate of drug-likeness (QED) is 0.343. The molecule has 0 saturated carbocycles. The Balaban J connectivity index is 1.30. The summed E-state index contributed by atoms with van der Waals surface area (Å²) in [6, 6.07) is 11.8. The number of fused-ring (bicyclic) bond motifs is 2. The van der Waals surface area contributed by atoms with Crippen molar-refractivity contribution in [2.75, 3.05) is 33.3 Å². The molecule has 0 unspecified atom stereocenters. The number of halogens is 1. The lowest BCUT2D eigenvalue weighted by Gasteiger charge is -2.28. The molecule has 2 aliphatic rings. The van der Waals surface area contributed by atoms with E-state index in [2.05, 4.69) is 37.4 Å². The van der Waals surface area contributed by atoms with Crippen molar-refractivity contribution in [2.45, 2.75) is 32.2 Å². The summed E-state index contributed by atoms with van der Waals surface area (Å²) in [5, 5.41) is 11.3. The molecule has 6 rings (SSSR count). The molecule has 2 aliphatic heterocycles. The number of rotatable bonds is 7. The number of ketones is 1. The average molecular weight is 543 g/mol. The summed E-state index contributed by atoms with van der Waals surface area (Å²) in [6.07, 6.45) is 3.02. The zero-order valence-corrected chi connectivity index (χ0v) is 22.4. The topological polar surface area (TPSA) is 113 Å². The lowest BCUT2D eigenvalue weighted by Crippen LogP contribution is -2.33. The Labute approximate surface area is 230 Å². The number of nitrogens with zero attached hydrogens (tertiary/aromatic N) is 4. The molecule has 0 spiro atoms. The number of carbonyl (C=O) groups is 1. The molecule has 0 amide bonds. The zero-order chi connectivity index (χ0) is 27.6. The van der Waals surface area contributed by atoms with Gasteiger partial charge < -0.3 is 15.0 Å². The average Bonchev–Trinajstić information content (AvgIpc) is 2.98. The lowest BCUT2D eigenvalue weighted by atomic mass is 9.96. The van der Waals surface area contributed by atoms with E-state index in [1.54, 1.807) is 24.3 Å². The van der Waals surface area contributed by atoms with Crippen LogP contribution in [-0.4, -0.2) is 64.1 Å². The second kappa shape index (κ2) is 11.2. The third-order valence-electron chi connectivity index (χ3n) is 7.84. The van der Waals surface area contributed by atoms with Crippen molar-refractivity contribution in [3.05, 3.63) is 92.4 Å². The molecule has 4 heterocycles. The maximum Gasteiger partial charge on any atom is 0.317 e. The number of aromatic nitrogens is 4. The summed E-state index contributed by atoms with van der Waals surface area (Å²) >= 11 is 0. The van der Waals surface area contributed by atoms with Crippen LogP contribution in [0.3, 0.4) is 0 Å². The van der Waals surface area contributed by atoms with Crippen LogP contribution in [0.2, 0.25) is 0 Å².